The fraction of sp³-hybridized carbons (Fsp3) is 0.391. The third kappa shape index (κ3) is 4.08. The standard InChI is InChI=1S/C23H23FN4O3/c1-3-5-8-30-21-13-26-18(12-27-21)19(29)10-14-6-7-17(24)15(9-14)23(4-2)16-11-20(16)31-22(25)28-23/h6-7,9,12-13,16,20H,4,8,10-11H2,1-2H3,(H2,25,28)/t16-,20+,23+/m0/s1. The molecule has 31 heavy (non-hydrogen) atoms. The van der Waals surface area contributed by atoms with Gasteiger partial charge in [-0.1, -0.05) is 18.9 Å². The second-order valence-corrected chi connectivity index (χ2v) is 7.60. The molecular weight excluding hydrogens is 399 g/mol. The third-order valence-corrected chi connectivity index (χ3v) is 5.71. The molecule has 1 aromatic carbocycles. The predicted molar refractivity (Wildman–Crippen MR) is 112 cm³/mol. The van der Waals surface area contributed by atoms with Gasteiger partial charge in [0.05, 0.1) is 12.4 Å². The number of fused-ring (bicyclic) bond motifs is 1. The van der Waals surface area contributed by atoms with Crippen LogP contribution >= 0.6 is 0 Å². The molecule has 0 spiro atoms. The number of hydrogen-bond donors (Lipinski definition) is 1. The first-order chi connectivity index (χ1) is 15.0. The van der Waals surface area contributed by atoms with Crippen molar-refractivity contribution < 1.29 is 18.7 Å². The molecule has 160 valence electrons. The number of ether oxygens (including phenoxy) is 2. The molecule has 1 aromatic heterocycles. The molecule has 1 saturated carbocycles. The van der Waals surface area contributed by atoms with E-state index in [1.807, 2.05) is 6.92 Å². The zero-order valence-electron chi connectivity index (χ0n) is 17.4. The molecule has 0 saturated heterocycles. The van der Waals surface area contributed by atoms with Crippen molar-refractivity contribution in [2.45, 2.75) is 44.8 Å². The number of ketones is 1. The van der Waals surface area contributed by atoms with Crippen LogP contribution in [-0.4, -0.2) is 34.5 Å². The Morgan fingerprint density at radius 3 is 2.94 bits per heavy atom. The minimum Gasteiger partial charge on any atom is -0.463 e. The topological polar surface area (TPSA) is 99.7 Å². The number of benzene rings is 1. The van der Waals surface area contributed by atoms with Crippen LogP contribution in [0.5, 0.6) is 5.88 Å². The molecule has 0 unspecified atom stereocenters. The molecule has 1 fully saturated rings. The van der Waals surface area contributed by atoms with E-state index >= 15 is 0 Å². The molecule has 2 heterocycles. The van der Waals surface area contributed by atoms with Gasteiger partial charge in [0.1, 0.15) is 23.2 Å². The van der Waals surface area contributed by atoms with Gasteiger partial charge in [-0.3, -0.25) is 4.79 Å². The SMILES string of the molecule is CC#CCOc1cnc(C(=O)Cc2ccc(F)c([C@@]3(CC)N=C(N)O[C@@H]4C[C@@H]43)c2)cn1. The van der Waals surface area contributed by atoms with Crippen molar-refractivity contribution in [1.82, 2.24) is 9.97 Å². The van der Waals surface area contributed by atoms with Crippen molar-refractivity contribution >= 4 is 11.8 Å². The van der Waals surface area contributed by atoms with Crippen LogP contribution in [-0.2, 0) is 16.7 Å². The number of Topliss-reactive ketones (excluding diaryl/α,β-unsaturated/α-hetero) is 1. The predicted octanol–water partition coefficient (Wildman–Crippen LogP) is 2.78. The Labute approximate surface area is 179 Å². The quantitative estimate of drug-likeness (QED) is 0.544. The highest BCUT2D eigenvalue weighted by Gasteiger charge is 2.58. The largest absolute Gasteiger partial charge is 0.463 e. The van der Waals surface area contributed by atoms with Crippen LogP contribution in [0.15, 0.2) is 35.6 Å². The number of aliphatic imine (C=N–C) groups is 1. The van der Waals surface area contributed by atoms with E-state index in [0.717, 1.165) is 6.42 Å². The number of nitrogens with zero attached hydrogens (tertiary/aromatic N) is 3. The lowest BCUT2D eigenvalue weighted by atomic mass is 9.81. The molecule has 0 bridgehead atoms. The highest BCUT2D eigenvalue weighted by molar-refractivity contribution is 5.95. The van der Waals surface area contributed by atoms with Gasteiger partial charge in [-0.05, 0) is 37.5 Å². The van der Waals surface area contributed by atoms with Gasteiger partial charge in [0.15, 0.2) is 12.4 Å². The summed E-state index contributed by atoms with van der Waals surface area (Å²) in [6.45, 7) is 3.88. The number of aromatic nitrogens is 2. The van der Waals surface area contributed by atoms with Crippen LogP contribution in [0.3, 0.4) is 0 Å². The summed E-state index contributed by atoms with van der Waals surface area (Å²) >= 11 is 0. The van der Waals surface area contributed by atoms with Gasteiger partial charge in [-0.2, -0.15) is 0 Å². The summed E-state index contributed by atoms with van der Waals surface area (Å²) in [5.74, 6) is 5.26. The van der Waals surface area contributed by atoms with E-state index in [4.69, 9.17) is 15.2 Å². The first-order valence-electron chi connectivity index (χ1n) is 10.2. The molecule has 0 amide bonds. The van der Waals surface area contributed by atoms with Crippen molar-refractivity contribution in [3.05, 3.63) is 53.2 Å². The summed E-state index contributed by atoms with van der Waals surface area (Å²) < 4.78 is 25.7. The van der Waals surface area contributed by atoms with Crippen molar-refractivity contribution in [3.63, 3.8) is 0 Å². The average molecular weight is 422 g/mol. The molecule has 2 N–H and O–H groups in total. The number of rotatable bonds is 7. The molecule has 7 nitrogen and oxygen atoms in total. The maximum absolute atomic E-state index is 14.9. The van der Waals surface area contributed by atoms with Crippen LogP contribution in [0.1, 0.15) is 48.3 Å². The van der Waals surface area contributed by atoms with Crippen LogP contribution in [0, 0.1) is 23.6 Å². The Morgan fingerprint density at radius 1 is 1.39 bits per heavy atom. The van der Waals surface area contributed by atoms with E-state index in [-0.39, 0.29) is 48.4 Å². The Balaban J connectivity index is 1.54. The lowest BCUT2D eigenvalue weighted by molar-refractivity contribution is 0.0987. The summed E-state index contributed by atoms with van der Waals surface area (Å²) in [5, 5.41) is 0. The van der Waals surface area contributed by atoms with Crippen LogP contribution < -0.4 is 10.5 Å². The zero-order chi connectivity index (χ0) is 22.0. The Morgan fingerprint density at radius 2 is 2.23 bits per heavy atom. The number of carbonyl (C=O) groups is 1. The molecular formula is C23H23FN4O3. The van der Waals surface area contributed by atoms with Crippen molar-refractivity contribution in [2.24, 2.45) is 16.6 Å². The minimum absolute atomic E-state index is 0.0264. The van der Waals surface area contributed by atoms with Crippen LogP contribution in [0.2, 0.25) is 0 Å². The van der Waals surface area contributed by atoms with E-state index in [0.29, 0.717) is 23.4 Å². The number of nitrogens with two attached hydrogens (primary N) is 1. The zero-order valence-corrected chi connectivity index (χ0v) is 17.4. The molecule has 4 rings (SSSR count). The summed E-state index contributed by atoms with van der Waals surface area (Å²) in [5.41, 5.74) is 6.42. The van der Waals surface area contributed by atoms with Gasteiger partial charge in [0, 0.05) is 17.9 Å². The monoisotopic (exact) mass is 422 g/mol. The molecule has 1 aliphatic heterocycles. The molecule has 8 heteroatoms. The Hall–Kier alpha value is -3.47. The van der Waals surface area contributed by atoms with Gasteiger partial charge in [0.25, 0.3) is 6.02 Å². The number of hydrogen-bond acceptors (Lipinski definition) is 7. The summed E-state index contributed by atoms with van der Waals surface area (Å²) in [7, 11) is 0. The normalized spacial score (nSPS) is 23.5. The van der Waals surface area contributed by atoms with E-state index in [1.165, 1.54) is 18.5 Å². The molecule has 1 aliphatic carbocycles. The Bertz CT molecular complexity index is 1090. The first kappa shape index (κ1) is 20.8. The number of carbonyl (C=O) groups excluding carboxylic acids is 1. The maximum Gasteiger partial charge on any atom is 0.283 e. The fourth-order valence-corrected chi connectivity index (χ4v) is 4.06. The first-order valence-corrected chi connectivity index (χ1v) is 10.2. The second kappa shape index (κ2) is 8.34. The van der Waals surface area contributed by atoms with E-state index in [1.54, 1.807) is 19.1 Å². The number of amidine groups is 1. The van der Waals surface area contributed by atoms with Crippen LogP contribution in [0.4, 0.5) is 4.39 Å². The minimum atomic E-state index is -0.768. The Kier molecular flexibility index (Phi) is 5.59. The van der Waals surface area contributed by atoms with Gasteiger partial charge in [-0.25, -0.2) is 19.4 Å². The van der Waals surface area contributed by atoms with E-state index < -0.39 is 5.54 Å². The summed E-state index contributed by atoms with van der Waals surface area (Å²) in [6, 6.07) is 4.78. The summed E-state index contributed by atoms with van der Waals surface area (Å²) in [4.78, 5) is 25.4. The maximum atomic E-state index is 14.9. The van der Waals surface area contributed by atoms with Crippen LogP contribution in [0.25, 0.3) is 0 Å². The van der Waals surface area contributed by atoms with Crippen molar-refractivity contribution in [2.75, 3.05) is 6.61 Å². The van der Waals surface area contributed by atoms with E-state index in [9.17, 15) is 9.18 Å². The number of halogens is 1. The van der Waals surface area contributed by atoms with Crippen molar-refractivity contribution in [1.29, 1.82) is 0 Å². The molecule has 3 atom stereocenters. The lowest BCUT2D eigenvalue weighted by Crippen LogP contribution is -2.37. The summed E-state index contributed by atoms with van der Waals surface area (Å²) in [6.07, 6.45) is 4.16. The molecule has 2 aliphatic rings. The average Bonchev–Trinajstić information content (AvgIpc) is 3.55. The molecule has 0 radical (unpaired) electrons. The van der Waals surface area contributed by atoms with Gasteiger partial charge in [-0.15, -0.1) is 5.92 Å². The van der Waals surface area contributed by atoms with Crippen molar-refractivity contribution in [3.8, 4) is 17.7 Å². The van der Waals surface area contributed by atoms with E-state index in [2.05, 4.69) is 26.8 Å². The smallest absolute Gasteiger partial charge is 0.283 e. The van der Waals surface area contributed by atoms with Gasteiger partial charge >= 0.3 is 0 Å². The fourth-order valence-electron chi connectivity index (χ4n) is 4.06. The highest BCUT2D eigenvalue weighted by atomic mass is 19.1. The lowest BCUT2D eigenvalue weighted by Gasteiger charge is -2.33. The highest BCUT2D eigenvalue weighted by Crippen LogP contribution is 2.55. The third-order valence-electron chi connectivity index (χ3n) is 5.71. The van der Waals surface area contributed by atoms with Gasteiger partial charge in [0.2, 0.25) is 5.88 Å². The molecule has 2 aromatic rings. The second-order valence-electron chi connectivity index (χ2n) is 7.60. The van der Waals surface area contributed by atoms with Gasteiger partial charge < -0.3 is 15.2 Å².